The van der Waals surface area contributed by atoms with Gasteiger partial charge in [0.2, 0.25) is 0 Å². The van der Waals surface area contributed by atoms with Crippen molar-refractivity contribution in [3.63, 3.8) is 0 Å². The predicted molar refractivity (Wildman–Crippen MR) is 59.6 cm³/mol. The molecule has 1 aromatic carbocycles. The molecule has 0 saturated carbocycles. The number of Topliss-reactive ketones (excluding diaryl/α,β-unsaturated/α-hetero) is 1. The molecule has 1 rings (SSSR count). The molecule has 0 atom stereocenters. The molecule has 0 N–H and O–H groups in total. The van der Waals surface area contributed by atoms with Crippen LogP contribution in [0, 0.1) is 11.7 Å². The summed E-state index contributed by atoms with van der Waals surface area (Å²) in [4.78, 5) is 11.5. The molecule has 1 aromatic rings. The molecule has 0 saturated heterocycles. The Labute approximate surface area is 94.3 Å². The van der Waals surface area contributed by atoms with E-state index in [1.165, 1.54) is 12.1 Å². The van der Waals surface area contributed by atoms with Gasteiger partial charge in [0, 0.05) is 12.8 Å². The zero-order chi connectivity index (χ0) is 11.4. The van der Waals surface area contributed by atoms with Crippen LogP contribution in [0.4, 0.5) is 4.39 Å². The fourth-order valence-electron chi connectivity index (χ4n) is 1.40. The van der Waals surface area contributed by atoms with E-state index in [0.717, 1.165) is 0 Å². The third-order valence-electron chi connectivity index (χ3n) is 2.02. The van der Waals surface area contributed by atoms with E-state index in [-0.39, 0.29) is 17.2 Å². The van der Waals surface area contributed by atoms with E-state index >= 15 is 0 Å². The van der Waals surface area contributed by atoms with Crippen LogP contribution in [0.25, 0.3) is 0 Å². The fraction of sp³-hybridized carbons (Fsp3) is 0.417. The third-order valence-corrected chi connectivity index (χ3v) is 2.33. The molecule has 0 aliphatic heterocycles. The summed E-state index contributed by atoms with van der Waals surface area (Å²) < 4.78 is 13.0. The zero-order valence-electron chi connectivity index (χ0n) is 8.89. The lowest BCUT2D eigenvalue weighted by Crippen LogP contribution is -2.06. The average molecular weight is 229 g/mol. The summed E-state index contributed by atoms with van der Waals surface area (Å²) in [6.07, 6.45) is 0.816. The molecule has 0 spiro atoms. The number of carbonyl (C=O) groups excluding carboxylic acids is 1. The van der Waals surface area contributed by atoms with Crippen LogP contribution in [-0.2, 0) is 11.2 Å². The molecule has 15 heavy (non-hydrogen) atoms. The molecule has 0 bridgehead atoms. The Hall–Kier alpha value is -0.890. The first-order valence-corrected chi connectivity index (χ1v) is 5.32. The average Bonchev–Trinajstić information content (AvgIpc) is 2.10. The molecule has 82 valence electrons. The summed E-state index contributed by atoms with van der Waals surface area (Å²) in [5.41, 5.74) is 0.683. The number of ketones is 1. The number of rotatable bonds is 4. The van der Waals surface area contributed by atoms with Crippen LogP contribution in [0.2, 0.25) is 5.02 Å². The lowest BCUT2D eigenvalue weighted by atomic mass is 10.0. The zero-order valence-corrected chi connectivity index (χ0v) is 9.64. The standard InChI is InChI=1S/C12H14ClFO/c1-8(2)5-10(15)6-9-3-4-11(13)12(14)7-9/h3-4,7-8H,5-6H2,1-2H3. The van der Waals surface area contributed by atoms with Gasteiger partial charge < -0.3 is 0 Å². The van der Waals surface area contributed by atoms with Crippen LogP contribution in [0.15, 0.2) is 18.2 Å². The number of hydrogen-bond donors (Lipinski definition) is 0. The second-order valence-corrected chi connectivity index (χ2v) is 4.47. The van der Waals surface area contributed by atoms with Gasteiger partial charge in [-0.1, -0.05) is 31.5 Å². The van der Waals surface area contributed by atoms with Gasteiger partial charge in [-0.2, -0.15) is 0 Å². The van der Waals surface area contributed by atoms with Crippen LogP contribution in [0.3, 0.4) is 0 Å². The maximum Gasteiger partial charge on any atom is 0.142 e. The fourth-order valence-corrected chi connectivity index (χ4v) is 1.52. The first-order valence-electron chi connectivity index (χ1n) is 4.94. The van der Waals surface area contributed by atoms with Crippen LogP contribution >= 0.6 is 11.6 Å². The summed E-state index contributed by atoms with van der Waals surface area (Å²) >= 11 is 5.54. The Morgan fingerprint density at radius 1 is 1.47 bits per heavy atom. The van der Waals surface area contributed by atoms with Crippen molar-refractivity contribution in [1.29, 1.82) is 0 Å². The molecule has 0 radical (unpaired) electrons. The van der Waals surface area contributed by atoms with E-state index in [9.17, 15) is 9.18 Å². The Morgan fingerprint density at radius 3 is 2.67 bits per heavy atom. The summed E-state index contributed by atoms with van der Waals surface area (Å²) in [6, 6.07) is 4.49. The first-order chi connectivity index (χ1) is 6.99. The molecule has 0 fully saturated rings. The van der Waals surface area contributed by atoms with Gasteiger partial charge in [0.25, 0.3) is 0 Å². The monoisotopic (exact) mass is 228 g/mol. The van der Waals surface area contributed by atoms with Gasteiger partial charge in [-0.3, -0.25) is 4.79 Å². The van der Waals surface area contributed by atoms with E-state index in [1.54, 1.807) is 6.07 Å². The SMILES string of the molecule is CC(C)CC(=O)Cc1ccc(Cl)c(F)c1. The molecule has 0 amide bonds. The molecular weight excluding hydrogens is 215 g/mol. The third kappa shape index (κ3) is 4.00. The number of carbonyl (C=O) groups is 1. The van der Waals surface area contributed by atoms with Crippen molar-refractivity contribution in [2.24, 2.45) is 5.92 Å². The van der Waals surface area contributed by atoms with E-state index in [4.69, 9.17) is 11.6 Å². The van der Waals surface area contributed by atoms with Crippen LogP contribution < -0.4 is 0 Å². The first kappa shape index (κ1) is 12.2. The van der Waals surface area contributed by atoms with E-state index in [0.29, 0.717) is 17.9 Å². The Balaban J connectivity index is 2.65. The largest absolute Gasteiger partial charge is 0.299 e. The minimum absolute atomic E-state index is 0.0926. The van der Waals surface area contributed by atoms with Gasteiger partial charge in [0.05, 0.1) is 5.02 Å². The van der Waals surface area contributed by atoms with Crippen molar-refractivity contribution >= 4 is 17.4 Å². The molecule has 0 unspecified atom stereocenters. The highest BCUT2D eigenvalue weighted by atomic mass is 35.5. The number of hydrogen-bond acceptors (Lipinski definition) is 1. The lowest BCUT2D eigenvalue weighted by molar-refractivity contribution is -0.119. The summed E-state index contributed by atoms with van der Waals surface area (Å²) in [6.45, 7) is 3.97. The maximum absolute atomic E-state index is 13.0. The molecule has 0 aliphatic carbocycles. The topological polar surface area (TPSA) is 17.1 Å². The number of halogens is 2. The van der Waals surface area contributed by atoms with Crippen LogP contribution in [0.1, 0.15) is 25.8 Å². The molecule has 1 nitrogen and oxygen atoms in total. The lowest BCUT2D eigenvalue weighted by Gasteiger charge is -2.04. The van der Waals surface area contributed by atoms with Gasteiger partial charge in [0.15, 0.2) is 0 Å². The van der Waals surface area contributed by atoms with Gasteiger partial charge >= 0.3 is 0 Å². The Kier molecular flexibility index (Phi) is 4.28. The highest BCUT2D eigenvalue weighted by Gasteiger charge is 2.08. The Morgan fingerprint density at radius 2 is 2.13 bits per heavy atom. The minimum Gasteiger partial charge on any atom is -0.299 e. The van der Waals surface area contributed by atoms with Crippen molar-refractivity contribution in [3.05, 3.63) is 34.6 Å². The number of benzene rings is 1. The van der Waals surface area contributed by atoms with Crippen LogP contribution in [-0.4, -0.2) is 5.78 Å². The molecular formula is C12H14ClFO. The summed E-state index contributed by atoms with van der Waals surface area (Å²) in [7, 11) is 0. The van der Waals surface area contributed by atoms with Crippen molar-refractivity contribution < 1.29 is 9.18 Å². The smallest absolute Gasteiger partial charge is 0.142 e. The van der Waals surface area contributed by atoms with Crippen molar-refractivity contribution in [2.45, 2.75) is 26.7 Å². The van der Waals surface area contributed by atoms with E-state index < -0.39 is 5.82 Å². The second kappa shape index (κ2) is 5.26. The summed E-state index contributed by atoms with van der Waals surface area (Å²) in [5, 5.41) is 0.0926. The Bertz CT molecular complexity index is 361. The van der Waals surface area contributed by atoms with Crippen molar-refractivity contribution in [2.75, 3.05) is 0 Å². The predicted octanol–water partition coefficient (Wildman–Crippen LogP) is 3.64. The molecule has 0 aliphatic rings. The van der Waals surface area contributed by atoms with Gasteiger partial charge in [0.1, 0.15) is 11.6 Å². The van der Waals surface area contributed by atoms with E-state index in [2.05, 4.69) is 0 Å². The van der Waals surface area contributed by atoms with Crippen molar-refractivity contribution in [3.8, 4) is 0 Å². The quantitative estimate of drug-likeness (QED) is 0.769. The normalized spacial score (nSPS) is 10.7. The van der Waals surface area contributed by atoms with Gasteiger partial charge in [-0.15, -0.1) is 0 Å². The van der Waals surface area contributed by atoms with Crippen molar-refractivity contribution in [1.82, 2.24) is 0 Å². The van der Waals surface area contributed by atoms with E-state index in [1.807, 2.05) is 13.8 Å². The highest BCUT2D eigenvalue weighted by Crippen LogP contribution is 2.16. The van der Waals surface area contributed by atoms with Gasteiger partial charge in [-0.05, 0) is 23.6 Å². The second-order valence-electron chi connectivity index (χ2n) is 4.06. The summed E-state index contributed by atoms with van der Waals surface area (Å²) in [5.74, 6) is 0.00730. The highest BCUT2D eigenvalue weighted by molar-refractivity contribution is 6.30. The maximum atomic E-state index is 13.0. The minimum atomic E-state index is -0.466. The van der Waals surface area contributed by atoms with Crippen LogP contribution in [0.5, 0.6) is 0 Å². The van der Waals surface area contributed by atoms with Gasteiger partial charge in [-0.25, -0.2) is 4.39 Å². The molecule has 3 heteroatoms. The molecule has 0 heterocycles. The molecule has 0 aromatic heterocycles.